The minimum Gasteiger partial charge on any atom is -0.497 e. The van der Waals surface area contributed by atoms with Crippen LogP contribution in [-0.4, -0.2) is 17.8 Å². The van der Waals surface area contributed by atoms with Gasteiger partial charge in [0.15, 0.2) is 5.11 Å². The van der Waals surface area contributed by atoms with E-state index in [1.807, 2.05) is 24.3 Å². The Morgan fingerprint density at radius 2 is 1.85 bits per heavy atom. The van der Waals surface area contributed by atoms with Crippen LogP contribution in [0.15, 0.2) is 24.3 Å². The Hall–Kier alpha value is -1.29. The number of nitrogens with one attached hydrogen (secondary N) is 2. The monoisotopic (exact) mass is 290 g/mol. The van der Waals surface area contributed by atoms with Gasteiger partial charge in [-0.1, -0.05) is 12.8 Å². The van der Waals surface area contributed by atoms with Crippen molar-refractivity contribution in [2.75, 3.05) is 12.4 Å². The molecular formula is C16H22N2OS. The topological polar surface area (TPSA) is 33.3 Å². The van der Waals surface area contributed by atoms with Gasteiger partial charge in [0.2, 0.25) is 0 Å². The molecule has 2 aliphatic rings. The molecule has 20 heavy (non-hydrogen) atoms. The number of rotatable bonds is 4. The van der Waals surface area contributed by atoms with Crippen molar-refractivity contribution in [1.29, 1.82) is 0 Å². The van der Waals surface area contributed by atoms with Crippen LogP contribution < -0.4 is 15.4 Å². The van der Waals surface area contributed by atoms with Gasteiger partial charge in [-0.2, -0.15) is 0 Å². The molecule has 108 valence electrons. The Bertz CT molecular complexity index is 476. The second kappa shape index (κ2) is 5.60. The van der Waals surface area contributed by atoms with Crippen molar-refractivity contribution < 1.29 is 4.74 Å². The highest BCUT2D eigenvalue weighted by atomic mass is 32.1. The summed E-state index contributed by atoms with van der Waals surface area (Å²) in [5, 5.41) is 7.67. The van der Waals surface area contributed by atoms with Crippen LogP contribution in [0.2, 0.25) is 0 Å². The van der Waals surface area contributed by atoms with Gasteiger partial charge in [0.25, 0.3) is 0 Å². The first-order valence-corrected chi connectivity index (χ1v) is 7.86. The zero-order valence-corrected chi connectivity index (χ0v) is 12.8. The second-order valence-electron chi connectivity index (χ2n) is 5.95. The van der Waals surface area contributed by atoms with Crippen molar-refractivity contribution in [1.82, 2.24) is 5.32 Å². The van der Waals surface area contributed by atoms with Crippen LogP contribution in [0.25, 0.3) is 0 Å². The summed E-state index contributed by atoms with van der Waals surface area (Å²) >= 11 is 5.50. The zero-order chi connectivity index (χ0) is 14.0. The second-order valence-corrected chi connectivity index (χ2v) is 6.35. The molecule has 2 saturated carbocycles. The fourth-order valence-corrected chi connectivity index (χ4v) is 3.66. The number of hydrogen-bond donors (Lipinski definition) is 2. The average Bonchev–Trinajstić information content (AvgIpc) is 3.22. The minimum atomic E-state index is 0.274. The van der Waals surface area contributed by atoms with Gasteiger partial charge in [0, 0.05) is 11.2 Å². The summed E-state index contributed by atoms with van der Waals surface area (Å²) in [5.74, 6) is 1.69. The van der Waals surface area contributed by atoms with Crippen molar-refractivity contribution in [2.24, 2.45) is 5.92 Å². The summed E-state index contributed by atoms with van der Waals surface area (Å²) in [6.45, 7) is 0. The third-order valence-electron chi connectivity index (χ3n) is 4.56. The first-order chi connectivity index (χ1) is 9.72. The molecule has 0 heterocycles. The van der Waals surface area contributed by atoms with Crippen LogP contribution in [0.3, 0.4) is 0 Å². The SMILES string of the molecule is COc1ccc(NC(=S)NC2(C3CC3)CCCC2)cc1. The molecule has 2 fully saturated rings. The van der Waals surface area contributed by atoms with Gasteiger partial charge in [0.1, 0.15) is 5.75 Å². The van der Waals surface area contributed by atoms with E-state index in [2.05, 4.69) is 10.6 Å². The quantitative estimate of drug-likeness (QED) is 0.828. The van der Waals surface area contributed by atoms with E-state index >= 15 is 0 Å². The van der Waals surface area contributed by atoms with Crippen LogP contribution in [0.1, 0.15) is 38.5 Å². The Balaban J connectivity index is 1.61. The van der Waals surface area contributed by atoms with Gasteiger partial charge < -0.3 is 15.4 Å². The Kier molecular flexibility index (Phi) is 3.83. The summed E-state index contributed by atoms with van der Waals surface area (Å²) in [7, 11) is 1.67. The van der Waals surface area contributed by atoms with E-state index in [1.165, 1.54) is 38.5 Å². The van der Waals surface area contributed by atoms with E-state index < -0.39 is 0 Å². The molecule has 0 saturated heterocycles. The van der Waals surface area contributed by atoms with Crippen molar-refractivity contribution >= 4 is 23.0 Å². The van der Waals surface area contributed by atoms with Crippen molar-refractivity contribution in [3.05, 3.63) is 24.3 Å². The molecule has 4 heteroatoms. The molecule has 0 bridgehead atoms. The fourth-order valence-electron chi connectivity index (χ4n) is 3.34. The highest BCUT2D eigenvalue weighted by Crippen LogP contribution is 2.48. The Labute approximate surface area is 126 Å². The van der Waals surface area contributed by atoms with E-state index in [9.17, 15) is 0 Å². The zero-order valence-electron chi connectivity index (χ0n) is 11.9. The standard InChI is InChI=1S/C16H22N2OS/c1-19-14-8-6-13(7-9-14)17-15(20)18-16(12-4-5-12)10-2-3-11-16/h6-9,12H,2-5,10-11H2,1H3,(H2,17,18,20). The van der Waals surface area contributed by atoms with Gasteiger partial charge in [-0.05, 0) is 68.1 Å². The number of hydrogen-bond acceptors (Lipinski definition) is 2. The maximum Gasteiger partial charge on any atom is 0.171 e. The molecule has 0 unspecified atom stereocenters. The molecule has 3 nitrogen and oxygen atoms in total. The lowest BCUT2D eigenvalue weighted by atomic mass is 9.91. The van der Waals surface area contributed by atoms with Crippen molar-refractivity contribution in [3.8, 4) is 5.75 Å². The van der Waals surface area contributed by atoms with Crippen LogP contribution in [0.4, 0.5) is 5.69 Å². The first-order valence-electron chi connectivity index (χ1n) is 7.45. The molecule has 1 aromatic carbocycles. The lowest BCUT2D eigenvalue weighted by molar-refractivity contribution is 0.340. The van der Waals surface area contributed by atoms with Crippen LogP contribution in [-0.2, 0) is 0 Å². The maximum absolute atomic E-state index is 5.50. The molecule has 1 aromatic rings. The minimum absolute atomic E-state index is 0.274. The van der Waals surface area contributed by atoms with Crippen LogP contribution >= 0.6 is 12.2 Å². The van der Waals surface area contributed by atoms with Crippen LogP contribution in [0.5, 0.6) is 5.75 Å². The number of anilines is 1. The lowest BCUT2D eigenvalue weighted by Crippen LogP contribution is -2.49. The average molecular weight is 290 g/mol. The summed E-state index contributed by atoms with van der Waals surface area (Å²) in [6.07, 6.45) is 7.91. The maximum atomic E-state index is 5.50. The van der Waals surface area contributed by atoms with E-state index in [4.69, 9.17) is 17.0 Å². The molecular weight excluding hydrogens is 268 g/mol. The molecule has 2 N–H and O–H groups in total. The highest BCUT2D eigenvalue weighted by Gasteiger charge is 2.47. The molecule has 0 amide bonds. The van der Waals surface area contributed by atoms with Gasteiger partial charge >= 0.3 is 0 Å². The van der Waals surface area contributed by atoms with Crippen molar-refractivity contribution in [3.63, 3.8) is 0 Å². The van der Waals surface area contributed by atoms with Gasteiger partial charge in [-0.15, -0.1) is 0 Å². The number of thiocarbonyl (C=S) groups is 1. The number of methoxy groups -OCH3 is 1. The van der Waals surface area contributed by atoms with E-state index in [0.717, 1.165) is 22.5 Å². The fraction of sp³-hybridized carbons (Fsp3) is 0.562. The van der Waals surface area contributed by atoms with Gasteiger partial charge in [-0.25, -0.2) is 0 Å². The summed E-state index contributed by atoms with van der Waals surface area (Å²) in [6, 6.07) is 7.87. The summed E-state index contributed by atoms with van der Waals surface area (Å²) in [4.78, 5) is 0. The van der Waals surface area contributed by atoms with Crippen LogP contribution in [0, 0.1) is 5.92 Å². The number of ether oxygens (including phenoxy) is 1. The largest absolute Gasteiger partial charge is 0.497 e. The van der Waals surface area contributed by atoms with Gasteiger partial charge in [-0.3, -0.25) is 0 Å². The molecule has 0 aromatic heterocycles. The summed E-state index contributed by atoms with van der Waals surface area (Å²) in [5.41, 5.74) is 1.28. The third-order valence-corrected chi connectivity index (χ3v) is 4.77. The van der Waals surface area contributed by atoms with E-state index in [1.54, 1.807) is 7.11 Å². The van der Waals surface area contributed by atoms with E-state index in [0.29, 0.717) is 0 Å². The predicted octanol–water partition coefficient (Wildman–Crippen LogP) is 3.70. The lowest BCUT2D eigenvalue weighted by Gasteiger charge is -2.32. The Morgan fingerprint density at radius 1 is 1.20 bits per heavy atom. The third kappa shape index (κ3) is 2.90. The number of benzene rings is 1. The first kappa shape index (κ1) is 13.7. The smallest absolute Gasteiger partial charge is 0.171 e. The summed E-state index contributed by atoms with van der Waals surface area (Å²) < 4.78 is 5.16. The highest BCUT2D eigenvalue weighted by molar-refractivity contribution is 7.80. The molecule has 3 rings (SSSR count). The Morgan fingerprint density at radius 3 is 2.40 bits per heavy atom. The normalized spacial score (nSPS) is 20.4. The van der Waals surface area contributed by atoms with Crippen molar-refractivity contribution in [2.45, 2.75) is 44.1 Å². The van der Waals surface area contributed by atoms with Gasteiger partial charge in [0.05, 0.1) is 7.11 Å². The molecule has 0 spiro atoms. The predicted molar refractivity (Wildman–Crippen MR) is 86.3 cm³/mol. The molecule has 0 aliphatic heterocycles. The molecule has 2 aliphatic carbocycles. The molecule has 0 atom stereocenters. The molecule has 0 radical (unpaired) electrons. The van der Waals surface area contributed by atoms with E-state index in [-0.39, 0.29) is 5.54 Å².